The molecule has 3 heteroatoms. The number of benzene rings is 3. The van der Waals surface area contributed by atoms with Crippen molar-refractivity contribution in [1.29, 1.82) is 0 Å². The molecule has 0 saturated carbocycles. The van der Waals surface area contributed by atoms with Gasteiger partial charge in [0, 0.05) is 21.6 Å². The molecule has 3 aromatic carbocycles. The zero-order valence-electron chi connectivity index (χ0n) is 39.6. The first-order chi connectivity index (χ1) is 28.9. The van der Waals surface area contributed by atoms with E-state index in [4.69, 9.17) is 4.18 Å². The lowest BCUT2D eigenvalue weighted by Crippen LogP contribution is -2.19. The monoisotopic (exact) mass is 827 g/mol. The lowest BCUT2D eigenvalue weighted by atomic mass is 9.94. The molecule has 0 spiro atoms. The zero-order chi connectivity index (χ0) is 42.6. The van der Waals surface area contributed by atoms with E-state index in [0.717, 1.165) is 38.5 Å². The summed E-state index contributed by atoms with van der Waals surface area (Å²) in [6.07, 6.45) is 36.2. The van der Waals surface area contributed by atoms with Crippen LogP contribution < -0.4 is 0 Å². The molecule has 0 heterocycles. The Morgan fingerprint density at radius 3 is 0.966 bits per heavy atom. The second-order valence-corrected chi connectivity index (χ2v) is 20.4. The summed E-state index contributed by atoms with van der Waals surface area (Å²) < 4.78 is 7.42. The topological polar surface area (TPSA) is 26.3 Å². The fourth-order valence-corrected chi connectivity index (χ4v) is 13.1. The van der Waals surface area contributed by atoms with Crippen molar-refractivity contribution in [2.24, 2.45) is 0 Å². The SMILES string of the molecule is CCCCCCc1cc(CCCCCC)c(S(OC(C)=O)(c2ccccc2)c2c(CCCCCC)cc(CCCCCC)cc2CCCCCC)c(CCCCCC)c1. The van der Waals surface area contributed by atoms with Gasteiger partial charge in [-0.05, 0) is 133 Å². The largest absolute Gasteiger partial charge is 0.402 e. The smallest absolute Gasteiger partial charge is 0.313 e. The molecule has 3 rings (SSSR count). The van der Waals surface area contributed by atoms with Gasteiger partial charge in [0.2, 0.25) is 0 Å². The first-order valence-corrected chi connectivity index (χ1v) is 26.8. The maximum absolute atomic E-state index is 14.2. The summed E-state index contributed by atoms with van der Waals surface area (Å²) in [6.45, 7) is 15.6. The second kappa shape index (κ2) is 30.5. The molecule has 0 saturated heterocycles. The summed E-state index contributed by atoms with van der Waals surface area (Å²) in [5.74, 6) is -0.154. The average Bonchev–Trinajstić information content (AvgIpc) is 3.24. The molecule has 59 heavy (non-hydrogen) atoms. The first-order valence-electron chi connectivity index (χ1n) is 25.3. The Morgan fingerprint density at radius 2 is 0.695 bits per heavy atom. The quantitative estimate of drug-likeness (QED) is 0.0561. The third kappa shape index (κ3) is 17.0. The van der Waals surface area contributed by atoms with Crippen LogP contribution in [0.3, 0.4) is 0 Å². The molecule has 2 nitrogen and oxygen atoms in total. The number of rotatable bonds is 34. The molecule has 0 bridgehead atoms. The van der Waals surface area contributed by atoms with Crippen molar-refractivity contribution in [2.75, 3.05) is 0 Å². The highest BCUT2D eigenvalue weighted by Crippen LogP contribution is 2.73. The highest BCUT2D eigenvalue weighted by Gasteiger charge is 2.42. The first kappa shape index (κ1) is 50.8. The minimum atomic E-state index is -2.47. The molecular weight excluding hydrogens is 737 g/mol. The van der Waals surface area contributed by atoms with Gasteiger partial charge in [-0.25, -0.2) is 0 Å². The van der Waals surface area contributed by atoms with Crippen LogP contribution >= 0.6 is 10.3 Å². The lowest BCUT2D eigenvalue weighted by Gasteiger charge is -2.45. The fraction of sp³-hybridized carbons (Fsp3) is 0.661. The Kier molecular flexibility index (Phi) is 26.3. The van der Waals surface area contributed by atoms with E-state index in [9.17, 15) is 4.79 Å². The Labute approximate surface area is 367 Å². The van der Waals surface area contributed by atoms with E-state index in [1.165, 1.54) is 202 Å². The summed E-state index contributed by atoms with van der Waals surface area (Å²) >= 11 is 0. The van der Waals surface area contributed by atoms with Crippen molar-refractivity contribution in [2.45, 2.75) is 256 Å². The molecule has 0 amide bonds. The third-order valence-corrected chi connectivity index (χ3v) is 16.0. The molecule has 0 atom stereocenters. The van der Waals surface area contributed by atoms with Gasteiger partial charge in [0.1, 0.15) is 0 Å². The molecule has 0 aliphatic carbocycles. The van der Waals surface area contributed by atoms with E-state index in [1.54, 1.807) is 6.92 Å². The molecule has 0 fully saturated rings. The van der Waals surface area contributed by atoms with Crippen molar-refractivity contribution in [3.63, 3.8) is 0 Å². The van der Waals surface area contributed by atoms with Crippen LogP contribution in [-0.2, 0) is 47.5 Å². The van der Waals surface area contributed by atoms with Crippen molar-refractivity contribution < 1.29 is 8.98 Å². The van der Waals surface area contributed by atoms with Crippen molar-refractivity contribution in [1.82, 2.24) is 0 Å². The highest BCUT2D eigenvalue weighted by molar-refractivity contribution is 8.30. The van der Waals surface area contributed by atoms with Crippen LogP contribution in [0.5, 0.6) is 0 Å². The van der Waals surface area contributed by atoms with E-state index in [2.05, 4.69) is 96.1 Å². The molecule has 332 valence electrons. The number of hydrogen-bond donors (Lipinski definition) is 0. The normalized spacial score (nSPS) is 12.0. The summed E-state index contributed by atoms with van der Waals surface area (Å²) in [7, 11) is -2.47. The van der Waals surface area contributed by atoms with Gasteiger partial charge in [0.25, 0.3) is 0 Å². The minimum Gasteiger partial charge on any atom is -0.402 e. The van der Waals surface area contributed by atoms with Gasteiger partial charge in [-0.15, -0.1) is 0 Å². The summed E-state index contributed by atoms with van der Waals surface area (Å²) in [5.41, 5.74) is 8.81. The van der Waals surface area contributed by atoms with Crippen molar-refractivity contribution in [3.05, 3.63) is 88.0 Å². The standard InChI is InChI=1S/C56H90O2S/c1-8-14-20-27-35-48-43-50(37-29-22-16-10-3)55(51(44-48)38-30-23-17-11-4)59(58-47(7)57,54-41-33-26-34-42-54)56-52(39-31-24-18-12-5)45-49(36-28-21-15-9-2)46-53(56)40-32-25-19-13-6/h26,33-34,41-46H,8-25,27-32,35-40H2,1-7H3. The zero-order valence-corrected chi connectivity index (χ0v) is 40.5. The number of carbonyl (C=O) groups excluding carboxylic acids is 1. The number of hydrogen-bond acceptors (Lipinski definition) is 2. The molecule has 0 N–H and O–H groups in total. The van der Waals surface area contributed by atoms with E-state index >= 15 is 0 Å². The van der Waals surface area contributed by atoms with Gasteiger partial charge in [-0.2, -0.15) is 0 Å². The maximum atomic E-state index is 14.2. The van der Waals surface area contributed by atoms with Gasteiger partial charge in [0.15, 0.2) is 0 Å². The van der Waals surface area contributed by atoms with E-state index in [-0.39, 0.29) is 5.97 Å². The van der Waals surface area contributed by atoms with Crippen LogP contribution in [-0.4, -0.2) is 5.97 Å². The number of aryl methyl sites for hydroxylation is 6. The van der Waals surface area contributed by atoms with E-state index < -0.39 is 10.3 Å². The Bertz CT molecular complexity index is 1400. The van der Waals surface area contributed by atoms with Gasteiger partial charge in [-0.1, -0.05) is 200 Å². The Hall–Kier alpha value is -2.52. The summed E-state index contributed by atoms with van der Waals surface area (Å²) in [6, 6.07) is 21.6. The van der Waals surface area contributed by atoms with Crippen LogP contribution in [0, 0.1) is 0 Å². The van der Waals surface area contributed by atoms with Crippen LogP contribution in [0.4, 0.5) is 0 Å². The van der Waals surface area contributed by atoms with Gasteiger partial charge < -0.3 is 4.18 Å². The van der Waals surface area contributed by atoms with Crippen LogP contribution in [0.15, 0.2) is 69.3 Å². The molecule has 3 aromatic rings. The number of carbonyl (C=O) groups is 1. The number of unbranched alkanes of at least 4 members (excludes halogenated alkanes) is 18. The predicted molar refractivity (Wildman–Crippen MR) is 261 cm³/mol. The molecule has 0 radical (unpaired) electrons. The molecule has 0 aliphatic rings. The van der Waals surface area contributed by atoms with Gasteiger partial charge in [-0.3, -0.25) is 4.79 Å². The van der Waals surface area contributed by atoms with Gasteiger partial charge in [0.05, 0.1) is 0 Å². The summed E-state index contributed by atoms with van der Waals surface area (Å²) in [5, 5.41) is 0. The van der Waals surface area contributed by atoms with E-state index in [0.29, 0.717) is 0 Å². The fourth-order valence-electron chi connectivity index (χ4n) is 9.16. The predicted octanol–water partition coefficient (Wildman–Crippen LogP) is 18.2. The minimum absolute atomic E-state index is 0.154. The van der Waals surface area contributed by atoms with Crippen LogP contribution in [0.25, 0.3) is 0 Å². The molecule has 0 aromatic heterocycles. The third-order valence-electron chi connectivity index (χ3n) is 12.3. The molecular formula is C56H90O2S. The highest BCUT2D eigenvalue weighted by atomic mass is 32.3. The average molecular weight is 827 g/mol. The van der Waals surface area contributed by atoms with Crippen molar-refractivity contribution >= 4 is 16.3 Å². The second-order valence-electron chi connectivity index (χ2n) is 17.8. The van der Waals surface area contributed by atoms with Gasteiger partial charge >= 0.3 is 5.97 Å². The maximum Gasteiger partial charge on any atom is 0.313 e. The Morgan fingerprint density at radius 1 is 0.407 bits per heavy atom. The molecule has 0 aliphatic heterocycles. The van der Waals surface area contributed by atoms with Crippen molar-refractivity contribution in [3.8, 4) is 0 Å². The summed E-state index contributed by atoms with van der Waals surface area (Å²) in [4.78, 5) is 18.1. The lowest BCUT2D eigenvalue weighted by molar-refractivity contribution is -0.131. The Balaban J connectivity index is 2.56. The van der Waals surface area contributed by atoms with Crippen LogP contribution in [0.2, 0.25) is 0 Å². The van der Waals surface area contributed by atoms with E-state index in [1.807, 2.05) is 0 Å². The molecule has 0 unspecified atom stereocenters. The van der Waals surface area contributed by atoms with Crippen LogP contribution in [0.1, 0.15) is 236 Å².